The lowest BCUT2D eigenvalue weighted by atomic mass is 9.86. The third-order valence-electron chi connectivity index (χ3n) is 4.42. The molecule has 0 aliphatic carbocycles. The van der Waals surface area contributed by atoms with Crippen LogP contribution in [0, 0.1) is 12.3 Å². The first kappa shape index (κ1) is 16.3. The lowest BCUT2D eigenvalue weighted by Gasteiger charge is -2.47. The molecular formula is C20H26O3. The molecule has 0 amide bonds. The van der Waals surface area contributed by atoms with Crippen LogP contribution in [0.5, 0.6) is 5.75 Å². The Bertz CT molecular complexity index is 645. The van der Waals surface area contributed by atoms with Gasteiger partial charge in [-0.1, -0.05) is 45.4 Å². The Morgan fingerprint density at radius 3 is 2.52 bits per heavy atom. The summed E-state index contributed by atoms with van der Waals surface area (Å²) in [5.74, 6) is 0.724. The smallest absolute Gasteiger partial charge is 0.225 e. The maximum atomic E-state index is 6.39. The minimum atomic E-state index is -0.839. The van der Waals surface area contributed by atoms with Gasteiger partial charge in [-0.25, -0.2) is 0 Å². The Morgan fingerprint density at radius 2 is 1.91 bits per heavy atom. The molecule has 1 aromatic carbocycles. The van der Waals surface area contributed by atoms with Crippen molar-refractivity contribution < 1.29 is 14.2 Å². The highest BCUT2D eigenvalue weighted by molar-refractivity contribution is 5.50. The molecule has 3 rings (SSSR count). The molecule has 2 aliphatic heterocycles. The van der Waals surface area contributed by atoms with E-state index in [-0.39, 0.29) is 5.41 Å². The maximum Gasteiger partial charge on any atom is 0.225 e. The van der Waals surface area contributed by atoms with Gasteiger partial charge in [0.05, 0.1) is 18.8 Å². The highest BCUT2D eigenvalue weighted by Gasteiger charge is 2.49. The summed E-state index contributed by atoms with van der Waals surface area (Å²) < 4.78 is 18.9. The molecular weight excluding hydrogens is 288 g/mol. The van der Waals surface area contributed by atoms with Gasteiger partial charge in [0.15, 0.2) is 0 Å². The highest BCUT2D eigenvalue weighted by atomic mass is 16.7. The molecule has 0 aromatic heterocycles. The Balaban J connectivity index is 2.17. The van der Waals surface area contributed by atoms with Gasteiger partial charge in [-0.2, -0.15) is 0 Å². The molecule has 23 heavy (non-hydrogen) atoms. The number of ether oxygens (including phenoxy) is 3. The largest absolute Gasteiger partial charge is 0.457 e. The van der Waals surface area contributed by atoms with Crippen molar-refractivity contribution in [3.8, 4) is 5.75 Å². The number of hydrogen-bond acceptors (Lipinski definition) is 3. The van der Waals surface area contributed by atoms with Gasteiger partial charge in [0.1, 0.15) is 11.5 Å². The molecule has 0 N–H and O–H groups in total. The van der Waals surface area contributed by atoms with Crippen molar-refractivity contribution in [1.29, 1.82) is 0 Å². The van der Waals surface area contributed by atoms with Gasteiger partial charge in [-0.05, 0) is 31.6 Å². The first-order valence-corrected chi connectivity index (χ1v) is 8.35. The van der Waals surface area contributed by atoms with E-state index in [1.54, 1.807) is 6.08 Å². The van der Waals surface area contributed by atoms with E-state index in [1.807, 2.05) is 12.1 Å². The van der Waals surface area contributed by atoms with Gasteiger partial charge in [0.25, 0.3) is 0 Å². The van der Waals surface area contributed by atoms with Crippen molar-refractivity contribution in [3.05, 3.63) is 53.3 Å². The maximum absolute atomic E-state index is 6.39. The van der Waals surface area contributed by atoms with E-state index in [2.05, 4.69) is 40.3 Å². The first-order chi connectivity index (χ1) is 10.9. The summed E-state index contributed by atoms with van der Waals surface area (Å²) in [5, 5.41) is 0. The minimum absolute atomic E-state index is 0.0131. The Morgan fingerprint density at radius 1 is 1.22 bits per heavy atom. The highest BCUT2D eigenvalue weighted by Crippen LogP contribution is 2.50. The van der Waals surface area contributed by atoms with E-state index < -0.39 is 5.79 Å². The number of benzene rings is 1. The molecule has 1 saturated heterocycles. The normalized spacial score (nSPS) is 21.7. The van der Waals surface area contributed by atoms with Gasteiger partial charge in [0, 0.05) is 11.0 Å². The van der Waals surface area contributed by atoms with Crippen LogP contribution in [-0.2, 0) is 15.3 Å². The fraction of sp³-hybridized carbons (Fsp3) is 0.500. The monoisotopic (exact) mass is 314 g/mol. The Kier molecular flexibility index (Phi) is 4.11. The van der Waals surface area contributed by atoms with Crippen molar-refractivity contribution in [3.63, 3.8) is 0 Å². The SMILES string of the molecule is C=CC1=C(CCC)C2(OCC(C)(C)CO2)c2cc(C)ccc2O1. The molecule has 0 bridgehead atoms. The minimum Gasteiger partial charge on any atom is -0.457 e. The number of fused-ring (bicyclic) bond motifs is 2. The molecule has 0 radical (unpaired) electrons. The predicted molar refractivity (Wildman–Crippen MR) is 91.3 cm³/mol. The van der Waals surface area contributed by atoms with E-state index >= 15 is 0 Å². The number of aryl methyl sites for hydroxylation is 1. The second kappa shape index (κ2) is 5.81. The second-order valence-electron chi connectivity index (χ2n) is 7.26. The number of rotatable bonds is 3. The molecule has 3 nitrogen and oxygen atoms in total. The summed E-state index contributed by atoms with van der Waals surface area (Å²) in [6.07, 6.45) is 3.62. The molecule has 0 atom stereocenters. The van der Waals surface area contributed by atoms with Crippen LogP contribution in [0.2, 0.25) is 0 Å². The van der Waals surface area contributed by atoms with Crippen molar-refractivity contribution in [2.45, 2.75) is 46.3 Å². The Hall–Kier alpha value is -1.58. The van der Waals surface area contributed by atoms with Gasteiger partial charge < -0.3 is 14.2 Å². The lowest BCUT2D eigenvalue weighted by molar-refractivity contribution is -0.290. The van der Waals surface area contributed by atoms with Crippen LogP contribution in [0.15, 0.2) is 42.2 Å². The van der Waals surface area contributed by atoms with Crippen LogP contribution >= 0.6 is 0 Å². The average molecular weight is 314 g/mol. The average Bonchev–Trinajstić information content (AvgIpc) is 2.52. The second-order valence-corrected chi connectivity index (χ2v) is 7.26. The zero-order chi connectivity index (χ0) is 16.7. The van der Waals surface area contributed by atoms with Crippen molar-refractivity contribution in [2.75, 3.05) is 13.2 Å². The molecule has 3 heteroatoms. The van der Waals surface area contributed by atoms with E-state index in [1.165, 1.54) is 5.56 Å². The third kappa shape index (κ3) is 2.73. The molecule has 0 saturated carbocycles. The zero-order valence-electron chi connectivity index (χ0n) is 14.6. The zero-order valence-corrected chi connectivity index (χ0v) is 14.6. The summed E-state index contributed by atoms with van der Waals surface area (Å²) in [4.78, 5) is 0. The molecule has 124 valence electrons. The predicted octanol–water partition coefficient (Wildman–Crippen LogP) is 4.85. The Labute approximate surface area is 138 Å². The van der Waals surface area contributed by atoms with Crippen LogP contribution in [-0.4, -0.2) is 13.2 Å². The van der Waals surface area contributed by atoms with Crippen molar-refractivity contribution in [2.24, 2.45) is 5.41 Å². The van der Waals surface area contributed by atoms with E-state index in [0.29, 0.717) is 13.2 Å². The van der Waals surface area contributed by atoms with Gasteiger partial charge in [-0.15, -0.1) is 0 Å². The molecule has 1 aromatic rings. The fourth-order valence-electron chi connectivity index (χ4n) is 3.20. The van der Waals surface area contributed by atoms with Gasteiger partial charge in [0.2, 0.25) is 5.79 Å². The molecule has 2 aliphatic rings. The summed E-state index contributed by atoms with van der Waals surface area (Å²) in [7, 11) is 0. The standard InChI is InChI=1S/C20H26O3/c1-6-8-15-17(7-2)23-18-10-9-14(3)11-16(18)20(15)21-12-19(4,5)13-22-20/h7,9-11H,2,6,8,12-13H2,1,3-5H3. The quantitative estimate of drug-likeness (QED) is 0.798. The van der Waals surface area contributed by atoms with E-state index in [9.17, 15) is 0 Å². The van der Waals surface area contributed by atoms with Crippen molar-refractivity contribution >= 4 is 0 Å². The first-order valence-electron chi connectivity index (χ1n) is 8.35. The molecule has 0 unspecified atom stereocenters. The van der Waals surface area contributed by atoms with Crippen LogP contribution in [0.3, 0.4) is 0 Å². The molecule has 2 heterocycles. The summed E-state index contributed by atoms with van der Waals surface area (Å²) in [6, 6.07) is 6.15. The topological polar surface area (TPSA) is 27.7 Å². The van der Waals surface area contributed by atoms with E-state index in [4.69, 9.17) is 14.2 Å². The summed E-state index contributed by atoms with van der Waals surface area (Å²) >= 11 is 0. The van der Waals surface area contributed by atoms with Crippen LogP contribution in [0.4, 0.5) is 0 Å². The summed E-state index contributed by atoms with van der Waals surface area (Å²) in [6.45, 7) is 13.8. The van der Waals surface area contributed by atoms with Gasteiger partial charge >= 0.3 is 0 Å². The fourth-order valence-corrected chi connectivity index (χ4v) is 3.20. The number of hydrogen-bond donors (Lipinski definition) is 0. The lowest BCUT2D eigenvalue weighted by Crippen LogP contribution is -2.48. The van der Waals surface area contributed by atoms with Crippen molar-refractivity contribution in [1.82, 2.24) is 0 Å². The van der Waals surface area contributed by atoms with Crippen LogP contribution in [0.1, 0.15) is 44.7 Å². The molecule has 1 fully saturated rings. The summed E-state index contributed by atoms with van der Waals surface area (Å²) in [5.41, 5.74) is 3.20. The molecule has 1 spiro atoms. The number of allylic oxidation sites excluding steroid dienone is 1. The van der Waals surface area contributed by atoms with E-state index in [0.717, 1.165) is 35.5 Å². The van der Waals surface area contributed by atoms with Gasteiger partial charge in [-0.3, -0.25) is 0 Å². The third-order valence-corrected chi connectivity index (χ3v) is 4.42. The van der Waals surface area contributed by atoms with Crippen LogP contribution < -0.4 is 4.74 Å². The van der Waals surface area contributed by atoms with Crippen LogP contribution in [0.25, 0.3) is 0 Å².